The minimum Gasteiger partial charge on any atom is -0.356 e. The molecular weight excluding hydrogens is 422 g/mol. The summed E-state index contributed by atoms with van der Waals surface area (Å²) >= 11 is 0. The molecule has 0 aliphatic rings. The molecule has 0 spiro atoms. The van der Waals surface area contributed by atoms with E-state index in [1.807, 2.05) is 22.3 Å². The molecule has 3 rings (SSSR count). The van der Waals surface area contributed by atoms with Gasteiger partial charge in [-0.15, -0.1) is 0 Å². The van der Waals surface area contributed by atoms with Crippen LogP contribution in [0.1, 0.15) is 58.7 Å². The van der Waals surface area contributed by atoms with Crippen molar-refractivity contribution in [2.75, 3.05) is 6.54 Å². The van der Waals surface area contributed by atoms with Gasteiger partial charge in [-0.1, -0.05) is 27.2 Å². The van der Waals surface area contributed by atoms with Gasteiger partial charge in [-0.25, -0.2) is 14.8 Å². The van der Waals surface area contributed by atoms with E-state index in [9.17, 15) is 14.4 Å². The Morgan fingerprint density at radius 2 is 1.97 bits per heavy atom. The van der Waals surface area contributed by atoms with E-state index in [0.29, 0.717) is 43.0 Å². The fourth-order valence-electron chi connectivity index (χ4n) is 3.87. The number of aromatic amines is 1. The normalized spacial score (nSPS) is 11.5. The van der Waals surface area contributed by atoms with Crippen LogP contribution in [0.5, 0.6) is 0 Å². The molecule has 3 aromatic heterocycles. The highest BCUT2D eigenvalue weighted by molar-refractivity contribution is 5.76. The smallest absolute Gasteiger partial charge is 0.330 e. The first-order valence-electron chi connectivity index (χ1n) is 11.8. The first kappa shape index (κ1) is 24.5. The molecule has 0 aromatic carbocycles. The van der Waals surface area contributed by atoms with Crippen molar-refractivity contribution < 1.29 is 4.79 Å². The molecule has 0 aliphatic heterocycles. The standard InChI is InChI=1S/C23H35N7O3/c1-4-5-13-29-21-20(22(32)27-23(29)33)30(15-17(2)3)18(26-21)8-9-19(31)25-10-6-7-12-28-14-11-24-16-28/h11,14,16-17H,4-10,12-13,15H2,1-3H3,(H,25,31)(H,27,32,33). The number of hydrogen-bond acceptors (Lipinski definition) is 5. The molecule has 0 saturated heterocycles. The van der Waals surface area contributed by atoms with Crippen LogP contribution >= 0.6 is 0 Å². The van der Waals surface area contributed by atoms with Gasteiger partial charge in [-0.3, -0.25) is 19.1 Å². The fraction of sp³-hybridized carbons (Fsp3) is 0.609. The fourth-order valence-corrected chi connectivity index (χ4v) is 3.87. The van der Waals surface area contributed by atoms with Gasteiger partial charge in [0.1, 0.15) is 5.82 Å². The third-order valence-electron chi connectivity index (χ3n) is 5.55. The molecule has 0 fully saturated rings. The van der Waals surface area contributed by atoms with Crippen molar-refractivity contribution in [1.29, 1.82) is 0 Å². The summed E-state index contributed by atoms with van der Waals surface area (Å²) in [6, 6.07) is 0. The molecular formula is C23H35N7O3. The first-order valence-corrected chi connectivity index (χ1v) is 11.8. The summed E-state index contributed by atoms with van der Waals surface area (Å²) < 4.78 is 5.43. The number of hydrogen-bond donors (Lipinski definition) is 2. The highest BCUT2D eigenvalue weighted by Crippen LogP contribution is 2.16. The third kappa shape index (κ3) is 6.43. The van der Waals surface area contributed by atoms with Crippen LogP contribution in [0, 0.1) is 5.92 Å². The number of carbonyl (C=O) groups excluding carboxylic acids is 1. The number of carbonyl (C=O) groups is 1. The van der Waals surface area contributed by atoms with E-state index in [-0.39, 0.29) is 18.2 Å². The molecule has 33 heavy (non-hydrogen) atoms. The second-order valence-electron chi connectivity index (χ2n) is 8.83. The van der Waals surface area contributed by atoms with Crippen molar-refractivity contribution in [2.45, 2.75) is 78.9 Å². The Bertz CT molecular complexity index is 1160. The zero-order chi connectivity index (χ0) is 23.8. The first-order chi connectivity index (χ1) is 15.9. The molecule has 3 aromatic rings. The van der Waals surface area contributed by atoms with Crippen LogP contribution in [0.4, 0.5) is 0 Å². The number of unbranched alkanes of at least 4 members (excludes halogenated alkanes) is 2. The van der Waals surface area contributed by atoms with Crippen molar-refractivity contribution in [3.05, 3.63) is 45.4 Å². The van der Waals surface area contributed by atoms with Gasteiger partial charge >= 0.3 is 5.69 Å². The molecule has 0 atom stereocenters. The number of H-pyrrole nitrogens is 1. The van der Waals surface area contributed by atoms with Gasteiger partial charge in [0.2, 0.25) is 5.91 Å². The van der Waals surface area contributed by atoms with Crippen LogP contribution in [-0.4, -0.2) is 41.1 Å². The SMILES string of the molecule is CCCCn1c(=O)[nH]c(=O)c2c1nc(CCC(=O)NCCCCn1ccnc1)n2CC(C)C. The second kappa shape index (κ2) is 11.6. The summed E-state index contributed by atoms with van der Waals surface area (Å²) in [5.41, 5.74) is -0.0401. The summed E-state index contributed by atoms with van der Waals surface area (Å²) in [4.78, 5) is 48.6. The molecule has 180 valence electrons. The Morgan fingerprint density at radius 1 is 1.15 bits per heavy atom. The van der Waals surface area contributed by atoms with Crippen LogP contribution in [0.25, 0.3) is 11.2 Å². The molecule has 0 saturated carbocycles. The van der Waals surface area contributed by atoms with Crippen LogP contribution in [0.15, 0.2) is 28.3 Å². The van der Waals surface area contributed by atoms with Crippen molar-refractivity contribution in [3.63, 3.8) is 0 Å². The maximum Gasteiger partial charge on any atom is 0.330 e. The average Bonchev–Trinajstić information content (AvgIpc) is 3.40. The average molecular weight is 458 g/mol. The zero-order valence-electron chi connectivity index (χ0n) is 19.8. The maximum absolute atomic E-state index is 12.7. The quantitative estimate of drug-likeness (QED) is 0.381. The number of aryl methyl sites for hydroxylation is 3. The number of imidazole rings is 2. The topological polar surface area (TPSA) is 120 Å². The predicted molar refractivity (Wildman–Crippen MR) is 127 cm³/mol. The van der Waals surface area contributed by atoms with Crippen molar-refractivity contribution in [2.24, 2.45) is 5.92 Å². The number of amides is 1. The minimum atomic E-state index is -0.435. The lowest BCUT2D eigenvalue weighted by atomic mass is 10.2. The van der Waals surface area contributed by atoms with Gasteiger partial charge in [0.05, 0.1) is 6.33 Å². The van der Waals surface area contributed by atoms with Crippen molar-refractivity contribution in [3.8, 4) is 0 Å². The van der Waals surface area contributed by atoms with Gasteiger partial charge in [-0.05, 0) is 25.2 Å². The second-order valence-corrected chi connectivity index (χ2v) is 8.83. The van der Waals surface area contributed by atoms with E-state index in [1.54, 1.807) is 17.1 Å². The van der Waals surface area contributed by atoms with Crippen LogP contribution in [0.3, 0.4) is 0 Å². The van der Waals surface area contributed by atoms with E-state index >= 15 is 0 Å². The highest BCUT2D eigenvalue weighted by atomic mass is 16.2. The molecule has 0 aliphatic carbocycles. The maximum atomic E-state index is 12.7. The molecule has 3 heterocycles. The summed E-state index contributed by atoms with van der Waals surface area (Å²) in [6.45, 7) is 8.76. The Balaban J connectivity index is 1.68. The van der Waals surface area contributed by atoms with E-state index in [4.69, 9.17) is 0 Å². The number of rotatable bonds is 13. The monoisotopic (exact) mass is 457 g/mol. The molecule has 2 N–H and O–H groups in total. The summed E-state index contributed by atoms with van der Waals surface area (Å²) in [5, 5.41) is 2.96. The molecule has 1 amide bonds. The van der Waals surface area contributed by atoms with Gasteiger partial charge < -0.3 is 14.5 Å². The van der Waals surface area contributed by atoms with Gasteiger partial charge in [0.25, 0.3) is 5.56 Å². The molecule has 0 bridgehead atoms. The largest absolute Gasteiger partial charge is 0.356 e. The number of nitrogens with one attached hydrogen (secondary N) is 2. The summed E-state index contributed by atoms with van der Waals surface area (Å²) in [6.07, 6.45) is 9.73. The minimum absolute atomic E-state index is 0.0435. The van der Waals surface area contributed by atoms with Gasteiger partial charge in [-0.2, -0.15) is 0 Å². The Hall–Kier alpha value is -3.17. The Morgan fingerprint density at radius 3 is 2.67 bits per heavy atom. The van der Waals surface area contributed by atoms with E-state index < -0.39 is 11.2 Å². The Kier molecular flexibility index (Phi) is 8.62. The van der Waals surface area contributed by atoms with E-state index in [2.05, 4.69) is 34.1 Å². The predicted octanol–water partition coefficient (Wildman–Crippen LogP) is 2.07. The van der Waals surface area contributed by atoms with Crippen LogP contribution in [-0.2, 0) is 30.8 Å². The Labute approximate surface area is 193 Å². The molecule has 10 nitrogen and oxygen atoms in total. The lowest BCUT2D eigenvalue weighted by Crippen LogP contribution is -2.31. The highest BCUT2D eigenvalue weighted by Gasteiger charge is 2.19. The number of aromatic nitrogens is 6. The van der Waals surface area contributed by atoms with Crippen molar-refractivity contribution >= 4 is 17.1 Å². The zero-order valence-corrected chi connectivity index (χ0v) is 19.8. The van der Waals surface area contributed by atoms with Gasteiger partial charge in [0, 0.05) is 51.4 Å². The third-order valence-corrected chi connectivity index (χ3v) is 5.55. The van der Waals surface area contributed by atoms with E-state index in [1.165, 1.54) is 0 Å². The lowest BCUT2D eigenvalue weighted by Gasteiger charge is -2.11. The lowest BCUT2D eigenvalue weighted by molar-refractivity contribution is -0.121. The van der Waals surface area contributed by atoms with Gasteiger partial charge in [0.15, 0.2) is 11.2 Å². The molecule has 0 unspecified atom stereocenters. The van der Waals surface area contributed by atoms with Crippen LogP contribution < -0.4 is 16.6 Å². The van der Waals surface area contributed by atoms with E-state index in [0.717, 1.165) is 32.2 Å². The molecule has 0 radical (unpaired) electrons. The van der Waals surface area contributed by atoms with Crippen LogP contribution in [0.2, 0.25) is 0 Å². The summed E-state index contributed by atoms with van der Waals surface area (Å²) in [7, 11) is 0. The summed E-state index contributed by atoms with van der Waals surface area (Å²) in [5.74, 6) is 0.897. The number of fused-ring (bicyclic) bond motifs is 1. The van der Waals surface area contributed by atoms with Crippen molar-refractivity contribution in [1.82, 2.24) is 34.0 Å². The number of nitrogens with zero attached hydrogens (tertiary/aromatic N) is 5. The molecule has 10 heteroatoms.